The zero-order valence-corrected chi connectivity index (χ0v) is 11.1. The summed E-state index contributed by atoms with van der Waals surface area (Å²) in [5.74, 6) is -1.22. The highest BCUT2D eigenvalue weighted by atomic mass is 19.1. The number of hydrogen-bond acceptors (Lipinski definition) is 4. The Morgan fingerprint density at radius 2 is 2.16 bits per heavy atom. The molecule has 0 aromatic carbocycles. The molecular weight excluding hydrogens is 253 g/mol. The number of β-amino-alcohol motifs (C(OH)–C–C–N with tert-alkyl or cyclic N) is 1. The molecule has 1 saturated heterocycles. The average molecular weight is 273 g/mol. The summed E-state index contributed by atoms with van der Waals surface area (Å²) in [6.07, 6.45) is 1.41. The van der Waals surface area contributed by atoms with E-state index in [-0.39, 0.29) is 25.8 Å². The molecule has 1 amide bonds. The molecule has 108 valence electrons. The second-order valence-corrected chi connectivity index (χ2v) is 5.35. The van der Waals surface area contributed by atoms with Crippen molar-refractivity contribution in [2.24, 2.45) is 0 Å². The molecule has 19 heavy (non-hydrogen) atoms. The summed E-state index contributed by atoms with van der Waals surface area (Å²) in [4.78, 5) is 25.0. The molecule has 1 aliphatic carbocycles. The van der Waals surface area contributed by atoms with Crippen molar-refractivity contribution in [3.8, 4) is 0 Å². The van der Waals surface area contributed by atoms with Crippen LogP contribution in [0, 0.1) is 0 Å². The van der Waals surface area contributed by atoms with Crippen molar-refractivity contribution < 1.29 is 23.8 Å². The molecule has 1 saturated carbocycles. The summed E-state index contributed by atoms with van der Waals surface area (Å²) < 4.78 is 18.9. The predicted octanol–water partition coefficient (Wildman–Crippen LogP) is 0.794. The van der Waals surface area contributed by atoms with Crippen LogP contribution < -0.4 is 0 Å². The van der Waals surface area contributed by atoms with Crippen LogP contribution in [0.5, 0.6) is 0 Å². The van der Waals surface area contributed by atoms with Gasteiger partial charge in [-0.25, -0.2) is 9.18 Å². The minimum absolute atomic E-state index is 0.0120. The number of halogens is 1. The van der Waals surface area contributed by atoms with E-state index in [1.54, 1.807) is 0 Å². The zero-order valence-electron chi connectivity index (χ0n) is 11.1. The number of carbonyl (C=O) groups excluding carboxylic acids is 2. The Balaban J connectivity index is 1.97. The van der Waals surface area contributed by atoms with Crippen LogP contribution in [-0.2, 0) is 14.3 Å². The summed E-state index contributed by atoms with van der Waals surface area (Å²) in [5, 5.41) is 9.60. The minimum atomic E-state index is -1.81. The van der Waals surface area contributed by atoms with Gasteiger partial charge in [-0.15, -0.1) is 0 Å². The first-order valence-corrected chi connectivity index (χ1v) is 6.82. The molecule has 1 heterocycles. The maximum atomic E-state index is 13.8. The van der Waals surface area contributed by atoms with Crippen LogP contribution in [-0.4, -0.2) is 52.8 Å². The van der Waals surface area contributed by atoms with Crippen LogP contribution in [0.3, 0.4) is 0 Å². The maximum absolute atomic E-state index is 13.8. The molecule has 2 rings (SSSR count). The molecule has 1 aliphatic heterocycles. The summed E-state index contributed by atoms with van der Waals surface area (Å²) in [6.45, 7) is 2.28. The number of esters is 1. The number of rotatable bonds is 5. The number of aliphatic hydroxyl groups excluding tert-OH is 1. The molecular formula is C13H20FNO4. The molecule has 2 fully saturated rings. The highest BCUT2D eigenvalue weighted by Crippen LogP contribution is 2.42. The van der Waals surface area contributed by atoms with Crippen LogP contribution in [0.1, 0.15) is 39.0 Å². The number of carbonyl (C=O) groups is 2. The van der Waals surface area contributed by atoms with Gasteiger partial charge in [0.1, 0.15) is 6.04 Å². The molecule has 6 heteroatoms. The smallest absolute Gasteiger partial charge is 0.328 e. The van der Waals surface area contributed by atoms with Crippen LogP contribution in [0.15, 0.2) is 0 Å². The Bertz CT molecular complexity index is 370. The van der Waals surface area contributed by atoms with Crippen molar-refractivity contribution in [1.82, 2.24) is 4.90 Å². The van der Waals surface area contributed by atoms with E-state index in [0.29, 0.717) is 6.61 Å². The Morgan fingerprint density at radius 3 is 2.74 bits per heavy atom. The molecule has 2 atom stereocenters. The van der Waals surface area contributed by atoms with Crippen molar-refractivity contribution in [2.75, 3.05) is 13.2 Å². The second-order valence-electron chi connectivity index (χ2n) is 5.35. The van der Waals surface area contributed by atoms with Gasteiger partial charge < -0.3 is 14.7 Å². The fourth-order valence-electron chi connectivity index (χ4n) is 2.26. The molecule has 0 radical (unpaired) electrons. The molecule has 5 nitrogen and oxygen atoms in total. The number of unbranched alkanes of at least 4 members (excludes halogenated alkanes) is 1. The first kappa shape index (κ1) is 14.2. The number of amides is 1. The average Bonchev–Trinajstić information content (AvgIpc) is 3.00. The Hall–Kier alpha value is -1.17. The van der Waals surface area contributed by atoms with Gasteiger partial charge >= 0.3 is 5.97 Å². The Morgan fingerprint density at radius 1 is 1.47 bits per heavy atom. The van der Waals surface area contributed by atoms with Gasteiger partial charge in [0.15, 0.2) is 5.67 Å². The normalized spacial score (nSPS) is 28.3. The van der Waals surface area contributed by atoms with Gasteiger partial charge in [0.05, 0.1) is 12.7 Å². The van der Waals surface area contributed by atoms with Gasteiger partial charge in [-0.05, 0) is 19.3 Å². The van der Waals surface area contributed by atoms with Crippen molar-refractivity contribution in [2.45, 2.75) is 56.8 Å². The quantitative estimate of drug-likeness (QED) is 0.594. The van der Waals surface area contributed by atoms with Crippen LogP contribution in [0.2, 0.25) is 0 Å². The summed E-state index contributed by atoms with van der Waals surface area (Å²) >= 11 is 0. The number of hydrogen-bond donors (Lipinski definition) is 1. The lowest BCUT2D eigenvalue weighted by atomic mass is 10.2. The summed E-state index contributed by atoms with van der Waals surface area (Å²) in [5.41, 5.74) is -1.81. The monoisotopic (exact) mass is 273 g/mol. The fourth-order valence-corrected chi connectivity index (χ4v) is 2.26. The van der Waals surface area contributed by atoms with E-state index in [2.05, 4.69) is 0 Å². The first-order chi connectivity index (χ1) is 8.98. The lowest BCUT2D eigenvalue weighted by molar-refractivity contribution is -0.155. The minimum Gasteiger partial charge on any atom is -0.464 e. The van der Waals surface area contributed by atoms with Gasteiger partial charge in [0.25, 0.3) is 5.91 Å². The highest BCUT2D eigenvalue weighted by Gasteiger charge is 2.56. The van der Waals surface area contributed by atoms with Crippen LogP contribution in [0.4, 0.5) is 4.39 Å². The molecule has 1 N–H and O–H groups in total. The van der Waals surface area contributed by atoms with Crippen molar-refractivity contribution >= 4 is 11.9 Å². The van der Waals surface area contributed by atoms with Gasteiger partial charge in [-0.3, -0.25) is 4.79 Å². The SMILES string of the molecule is CCCCOC(=O)[C@@H]1C[C@@H](O)CN1C(=O)C1(F)CC1. The van der Waals surface area contributed by atoms with E-state index >= 15 is 0 Å². The lowest BCUT2D eigenvalue weighted by Gasteiger charge is -2.24. The molecule has 0 aromatic rings. The first-order valence-electron chi connectivity index (χ1n) is 6.82. The van der Waals surface area contributed by atoms with E-state index in [4.69, 9.17) is 4.74 Å². The van der Waals surface area contributed by atoms with Crippen LogP contribution >= 0.6 is 0 Å². The molecule has 0 spiro atoms. The molecule has 0 unspecified atom stereocenters. The number of nitrogens with zero attached hydrogens (tertiary/aromatic N) is 1. The predicted molar refractivity (Wildman–Crippen MR) is 65.1 cm³/mol. The van der Waals surface area contributed by atoms with E-state index in [1.807, 2.05) is 6.92 Å². The standard InChI is InChI=1S/C13H20FNO4/c1-2-3-6-19-11(17)10-7-9(16)8-15(10)12(18)13(14)4-5-13/h9-10,16H,2-8H2,1H3/t9-,10+/m1/s1. The van der Waals surface area contributed by atoms with Gasteiger partial charge in [-0.2, -0.15) is 0 Å². The van der Waals surface area contributed by atoms with E-state index in [0.717, 1.165) is 17.7 Å². The molecule has 0 bridgehead atoms. The van der Waals surface area contributed by atoms with E-state index < -0.39 is 29.7 Å². The maximum Gasteiger partial charge on any atom is 0.328 e. The van der Waals surface area contributed by atoms with Crippen LogP contribution in [0.25, 0.3) is 0 Å². The third-order valence-corrected chi connectivity index (χ3v) is 3.63. The Labute approximate surface area is 111 Å². The van der Waals surface area contributed by atoms with Gasteiger partial charge in [0, 0.05) is 13.0 Å². The fraction of sp³-hybridized carbons (Fsp3) is 0.846. The summed E-state index contributed by atoms with van der Waals surface area (Å²) in [6, 6.07) is -0.840. The van der Waals surface area contributed by atoms with E-state index in [9.17, 15) is 19.1 Å². The summed E-state index contributed by atoms with van der Waals surface area (Å²) in [7, 11) is 0. The second kappa shape index (κ2) is 5.45. The number of alkyl halides is 1. The number of ether oxygens (including phenoxy) is 1. The molecule has 2 aliphatic rings. The van der Waals surface area contributed by atoms with Crippen molar-refractivity contribution in [3.05, 3.63) is 0 Å². The van der Waals surface area contributed by atoms with Gasteiger partial charge in [0.2, 0.25) is 0 Å². The highest BCUT2D eigenvalue weighted by molar-refractivity contribution is 5.92. The van der Waals surface area contributed by atoms with Gasteiger partial charge in [-0.1, -0.05) is 13.3 Å². The zero-order chi connectivity index (χ0) is 14.0. The number of likely N-dealkylation sites (tertiary alicyclic amines) is 1. The van der Waals surface area contributed by atoms with Crippen molar-refractivity contribution in [1.29, 1.82) is 0 Å². The van der Waals surface area contributed by atoms with Crippen molar-refractivity contribution in [3.63, 3.8) is 0 Å². The largest absolute Gasteiger partial charge is 0.464 e. The number of aliphatic hydroxyl groups is 1. The van der Waals surface area contributed by atoms with E-state index in [1.165, 1.54) is 0 Å². The lowest BCUT2D eigenvalue weighted by Crippen LogP contribution is -2.46. The third kappa shape index (κ3) is 3.05. The topological polar surface area (TPSA) is 66.8 Å². The Kier molecular flexibility index (Phi) is 4.08. The third-order valence-electron chi connectivity index (χ3n) is 3.63. The molecule has 0 aromatic heterocycles.